The van der Waals surface area contributed by atoms with E-state index in [1.807, 2.05) is 0 Å². The van der Waals surface area contributed by atoms with Crippen molar-refractivity contribution in [2.75, 3.05) is 7.11 Å². The Labute approximate surface area is 165 Å². The van der Waals surface area contributed by atoms with Crippen molar-refractivity contribution in [1.29, 1.82) is 0 Å². The predicted molar refractivity (Wildman–Crippen MR) is 99.4 cm³/mol. The van der Waals surface area contributed by atoms with E-state index < -0.39 is 23.5 Å². The van der Waals surface area contributed by atoms with Gasteiger partial charge in [0.25, 0.3) is 5.91 Å². The number of carbonyl (C=O) groups is 2. The van der Waals surface area contributed by atoms with E-state index in [2.05, 4.69) is 0 Å². The molecule has 148 valence electrons. The van der Waals surface area contributed by atoms with Crippen LogP contribution < -0.4 is 4.74 Å². The molecule has 1 atom stereocenters. The van der Waals surface area contributed by atoms with E-state index in [1.54, 1.807) is 24.3 Å². The number of aliphatic hydroxyl groups excluding tert-OH is 1. The van der Waals surface area contributed by atoms with Gasteiger partial charge in [-0.3, -0.25) is 9.59 Å². The Balaban J connectivity index is 1.83. The number of ketones is 1. The lowest BCUT2D eigenvalue weighted by Crippen LogP contribution is -2.30. The SMILES string of the molecule is COc1cc(C2C(C(=O)c3ccco3)=C(O)C(=O)N2Cc2ccco2)ccc1O. The Morgan fingerprint density at radius 1 is 1.14 bits per heavy atom. The second-order valence-corrected chi connectivity index (χ2v) is 6.41. The summed E-state index contributed by atoms with van der Waals surface area (Å²) in [5.41, 5.74) is 0.350. The lowest BCUT2D eigenvalue weighted by molar-refractivity contribution is -0.130. The maximum atomic E-state index is 13.0. The van der Waals surface area contributed by atoms with Crippen LogP contribution in [0, 0.1) is 0 Å². The molecule has 0 fully saturated rings. The number of rotatable bonds is 6. The van der Waals surface area contributed by atoms with Crippen molar-refractivity contribution < 1.29 is 33.4 Å². The molecule has 3 heterocycles. The van der Waals surface area contributed by atoms with Gasteiger partial charge in [0, 0.05) is 0 Å². The van der Waals surface area contributed by atoms with E-state index in [0.717, 1.165) is 0 Å². The zero-order chi connectivity index (χ0) is 20.5. The fraction of sp³-hybridized carbons (Fsp3) is 0.143. The molecule has 0 bridgehead atoms. The number of hydrogen-bond acceptors (Lipinski definition) is 7. The summed E-state index contributed by atoms with van der Waals surface area (Å²) >= 11 is 0. The molecular weight excluding hydrogens is 378 g/mol. The number of phenolic OH excluding ortho intramolecular Hbond substituents is 1. The van der Waals surface area contributed by atoms with Crippen molar-refractivity contribution in [3.8, 4) is 11.5 Å². The third-order valence-corrected chi connectivity index (χ3v) is 4.72. The van der Waals surface area contributed by atoms with Crippen molar-refractivity contribution >= 4 is 11.7 Å². The van der Waals surface area contributed by atoms with Gasteiger partial charge in [0.05, 0.1) is 37.8 Å². The molecule has 2 N–H and O–H groups in total. The normalized spacial score (nSPS) is 16.5. The van der Waals surface area contributed by atoms with Gasteiger partial charge < -0.3 is 28.7 Å². The highest BCUT2D eigenvalue weighted by Crippen LogP contribution is 2.42. The molecule has 1 unspecified atom stereocenters. The topological polar surface area (TPSA) is 113 Å². The molecule has 3 aromatic rings. The van der Waals surface area contributed by atoms with Gasteiger partial charge in [-0.1, -0.05) is 6.07 Å². The number of methoxy groups -OCH3 is 1. The number of Topliss-reactive ketones (excluding diaryl/α,β-unsaturated/α-hetero) is 1. The van der Waals surface area contributed by atoms with Crippen LogP contribution in [0.2, 0.25) is 0 Å². The highest BCUT2D eigenvalue weighted by molar-refractivity contribution is 6.15. The number of amides is 1. The van der Waals surface area contributed by atoms with Crippen LogP contribution in [-0.4, -0.2) is 33.9 Å². The average Bonchev–Trinajstić information content (AvgIpc) is 3.47. The van der Waals surface area contributed by atoms with E-state index >= 15 is 0 Å². The number of phenols is 1. The van der Waals surface area contributed by atoms with Gasteiger partial charge >= 0.3 is 0 Å². The van der Waals surface area contributed by atoms with Crippen LogP contribution in [0.25, 0.3) is 0 Å². The fourth-order valence-electron chi connectivity index (χ4n) is 3.37. The van der Waals surface area contributed by atoms with E-state index in [9.17, 15) is 19.8 Å². The minimum absolute atomic E-state index is 0.00468. The van der Waals surface area contributed by atoms with Crippen LogP contribution in [-0.2, 0) is 11.3 Å². The van der Waals surface area contributed by atoms with E-state index in [4.69, 9.17) is 13.6 Å². The van der Waals surface area contributed by atoms with Crippen molar-refractivity contribution in [1.82, 2.24) is 4.90 Å². The first kappa shape index (κ1) is 18.4. The number of benzene rings is 1. The second-order valence-electron chi connectivity index (χ2n) is 6.41. The third kappa shape index (κ3) is 3.14. The van der Waals surface area contributed by atoms with Gasteiger partial charge in [-0.15, -0.1) is 0 Å². The zero-order valence-electron chi connectivity index (χ0n) is 15.4. The quantitative estimate of drug-likeness (QED) is 0.615. The number of carbonyl (C=O) groups excluding carboxylic acids is 2. The first-order chi connectivity index (χ1) is 14.0. The summed E-state index contributed by atoms with van der Waals surface area (Å²) in [4.78, 5) is 27.2. The molecule has 1 aromatic carbocycles. The Morgan fingerprint density at radius 2 is 1.90 bits per heavy atom. The first-order valence-corrected chi connectivity index (χ1v) is 8.73. The molecular formula is C21H17NO7. The average molecular weight is 395 g/mol. The second kappa shape index (κ2) is 7.23. The maximum absolute atomic E-state index is 13.0. The van der Waals surface area contributed by atoms with Crippen LogP contribution in [0.1, 0.15) is 27.9 Å². The molecule has 0 spiro atoms. The van der Waals surface area contributed by atoms with Crippen LogP contribution in [0.15, 0.2) is 75.2 Å². The van der Waals surface area contributed by atoms with Crippen molar-refractivity contribution in [2.24, 2.45) is 0 Å². The van der Waals surface area contributed by atoms with Crippen LogP contribution >= 0.6 is 0 Å². The Hall–Kier alpha value is -3.94. The molecule has 1 aliphatic heterocycles. The molecule has 1 aliphatic rings. The molecule has 2 aromatic heterocycles. The fourth-order valence-corrected chi connectivity index (χ4v) is 3.37. The summed E-state index contributed by atoms with van der Waals surface area (Å²) in [6.45, 7) is 0.0265. The van der Waals surface area contributed by atoms with E-state index in [0.29, 0.717) is 11.3 Å². The summed E-state index contributed by atoms with van der Waals surface area (Å²) in [7, 11) is 1.39. The number of aromatic hydroxyl groups is 1. The Morgan fingerprint density at radius 3 is 2.55 bits per heavy atom. The van der Waals surface area contributed by atoms with E-state index in [1.165, 1.54) is 42.7 Å². The lowest BCUT2D eigenvalue weighted by Gasteiger charge is -2.26. The monoisotopic (exact) mass is 395 g/mol. The number of furan rings is 2. The van der Waals surface area contributed by atoms with Crippen molar-refractivity contribution in [3.05, 3.63) is 83.4 Å². The highest BCUT2D eigenvalue weighted by Gasteiger charge is 2.45. The molecule has 0 saturated heterocycles. The first-order valence-electron chi connectivity index (χ1n) is 8.73. The summed E-state index contributed by atoms with van der Waals surface area (Å²) < 4.78 is 15.7. The predicted octanol–water partition coefficient (Wildman–Crippen LogP) is 3.37. The highest BCUT2D eigenvalue weighted by atomic mass is 16.5. The van der Waals surface area contributed by atoms with Crippen molar-refractivity contribution in [3.63, 3.8) is 0 Å². The molecule has 0 radical (unpaired) electrons. The molecule has 1 amide bonds. The standard InChI is InChI=1S/C21H17NO7/c1-27-16-10-12(6-7-14(16)23)18-17(19(24)15-5-3-9-29-15)20(25)21(26)22(18)11-13-4-2-8-28-13/h2-10,18,23,25H,11H2,1H3. The Bertz CT molecular complexity index is 1080. The minimum Gasteiger partial charge on any atom is -0.504 e. The minimum atomic E-state index is -0.931. The van der Waals surface area contributed by atoms with Crippen molar-refractivity contribution in [2.45, 2.75) is 12.6 Å². The van der Waals surface area contributed by atoms with Gasteiger partial charge in [-0.25, -0.2) is 0 Å². The number of aliphatic hydroxyl groups is 1. The smallest absolute Gasteiger partial charge is 0.290 e. The summed E-state index contributed by atoms with van der Waals surface area (Å²) in [5, 5.41) is 20.5. The van der Waals surface area contributed by atoms with Gasteiger partial charge in [0.2, 0.25) is 5.78 Å². The number of ether oxygens (including phenoxy) is 1. The number of hydrogen-bond donors (Lipinski definition) is 2. The van der Waals surface area contributed by atoms with Crippen LogP contribution in [0.5, 0.6) is 11.5 Å². The van der Waals surface area contributed by atoms with Gasteiger partial charge in [-0.2, -0.15) is 0 Å². The summed E-state index contributed by atoms with van der Waals surface area (Å²) in [5.74, 6) is -1.43. The van der Waals surface area contributed by atoms with Gasteiger partial charge in [-0.05, 0) is 42.0 Å². The largest absolute Gasteiger partial charge is 0.504 e. The molecule has 29 heavy (non-hydrogen) atoms. The Kier molecular flexibility index (Phi) is 4.59. The lowest BCUT2D eigenvalue weighted by atomic mass is 9.94. The van der Waals surface area contributed by atoms with Crippen LogP contribution in [0.4, 0.5) is 0 Å². The number of nitrogens with zero attached hydrogens (tertiary/aromatic N) is 1. The zero-order valence-corrected chi connectivity index (χ0v) is 15.4. The summed E-state index contributed by atoms with van der Waals surface area (Å²) in [6, 6.07) is 9.89. The maximum Gasteiger partial charge on any atom is 0.290 e. The van der Waals surface area contributed by atoms with Gasteiger partial charge in [0.15, 0.2) is 23.0 Å². The molecule has 8 nitrogen and oxygen atoms in total. The third-order valence-electron chi connectivity index (χ3n) is 4.72. The van der Waals surface area contributed by atoms with E-state index in [-0.39, 0.29) is 29.4 Å². The summed E-state index contributed by atoms with van der Waals surface area (Å²) in [6.07, 6.45) is 2.80. The molecule has 8 heteroatoms. The van der Waals surface area contributed by atoms with Crippen LogP contribution in [0.3, 0.4) is 0 Å². The molecule has 0 saturated carbocycles. The van der Waals surface area contributed by atoms with Gasteiger partial charge in [0.1, 0.15) is 5.76 Å². The molecule has 4 rings (SSSR count). The molecule has 0 aliphatic carbocycles.